The van der Waals surface area contributed by atoms with Crippen LogP contribution in [0.5, 0.6) is 5.75 Å². The molecular weight excluding hydrogens is 460 g/mol. The molecule has 1 aliphatic rings. The number of rotatable bonds is 7. The van der Waals surface area contributed by atoms with Crippen molar-refractivity contribution >= 4 is 22.9 Å². The lowest BCUT2D eigenvalue weighted by molar-refractivity contribution is 0.205. The molecule has 0 aliphatic carbocycles. The number of urea groups is 1. The van der Waals surface area contributed by atoms with Crippen LogP contribution in [-0.2, 0) is 6.42 Å². The molecule has 0 fully saturated rings. The molecule has 1 N–H and O–H groups in total. The highest BCUT2D eigenvalue weighted by Gasteiger charge is 2.35. The van der Waals surface area contributed by atoms with Crippen molar-refractivity contribution < 1.29 is 14.1 Å². The number of carbonyl (C=O) groups excluding carboxylic acids is 1. The van der Waals surface area contributed by atoms with Gasteiger partial charge in [0.05, 0.1) is 18.7 Å². The molecule has 2 aromatic heterocycles. The summed E-state index contributed by atoms with van der Waals surface area (Å²) < 4.78 is 11.1. The average Bonchev–Trinajstić information content (AvgIpc) is 3.56. The van der Waals surface area contributed by atoms with E-state index in [-0.39, 0.29) is 6.03 Å². The predicted molar refractivity (Wildman–Crippen MR) is 136 cm³/mol. The van der Waals surface area contributed by atoms with Crippen LogP contribution in [0.4, 0.5) is 4.79 Å². The number of nitrogens with one attached hydrogen (secondary N) is 1. The van der Waals surface area contributed by atoms with Crippen molar-refractivity contribution in [3.05, 3.63) is 93.6 Å². The first kappa shape index (κ1) is 22.9. The Kier molecular flexibility index (Phi) is 6.37. The summed E-state index contributed by atoms with van der Waals surface area (Å²) in [6.45, 7) is 4.52. The summed E-state index contributed by atoms with van der Waals surface area (Å²) in [7, 11) is 1.63. The number of allylic oxidation sites excluding steroid dienone is 1. The number of methoxy groups -OCH3 is 1. The van der Waals surface area contributed by atoms with Gasteiger partial charge in [0.2, 0.25) is 5.82 Å². The van der Waals surface area contributed by atoms with E-state index in [4.69, 9.17) is 14.2 Å². The van der Waals surface area contributed by atoms with Gasteiger partial charge in [-0.3, -0.25) is 4.90 Å². The predicted octanol–water partition coefficient (Wildman–Crippen LogP) is 5.86. The van der Waals surface area contributed by atoms with Gasteiger partial charge in [0.1, 0.15) is 5.75 Å². The molecule has 35 heavy (non-hydrogen) atoms. The number of hydrogen-bond acceptors (Lipinski definition) is 6. The Labute approximate surface area is 208 Å². The highest BCUT2D eigenvalue weighted by Crippen LogP contribution is 2.38. The van der Waals surface area contributed by atoms with Gasteiger partial charge in [-0.1, -0.05) is 47.1 Å². The van der Waals surface area contributed by atoms with E-state index in [2.05, 4.69) is 16.5 Å². The molecule has 0 saturated heterocycles. The maximum absolute atomic E-state index is 13.2. The van der Waals surface area contributed by atoms with Gasteiger partial charge < -0.3 is 14.6 Å². The Hall–Kier alpha value is -3.91. The third-order valence-corrected chi connectivity index (χ3v) is 7.08. The fraction of sp³-hybridized carbons (Fsp3) is 0.222. The Balaban J connectivity index is 1.55. The smallest absolute Gasteiger partial charge is 0.322 e. The van der Waals surface area contributed by atoms with E-state index in [0.717, 1.165) is 40.1 Å². The topological polar surface area (TPSA) is 80.5 Å². The summed E-state index contributed by atoms with van der Waals surface area (Å²) in [6, 6.07) is 19.1. The molecule has 8 heteroatoms. The van der Waals surface area contributed by atoms with Crippen LogP contribution in [-0.4, -0.2) is 34.7 Å². The van der Waals surface area contributed by atoms with Crippen molar-refractivity contribution in [3.63, 3.8) is 0 Å². The lowest BCUT2D eigenvalue weighted by Gasteiger charge is -2.35. The second-order valence-corrected chi connectivity index (χ2v) is 9.46. The SMILES string of the molecule is COc1ccc(C2NC(=O)N(CCc3cccs3)C(C)=C2c2nc(-c3cccc(C)c3)no2)cc1. The van der Waals surface area contributed by atoms with Crippen LogP contribution in [0.25, 0.3) is 17.0 Å². The van der Waals surface area contributed by atoms with Crippen LogP contribution in [0.15, 0.2) is 76.3 Å². The molecule has 7 nitrogen and oxygen atoms in total. The van der Waals surface area contributed by atoms with Crippen molar-refractivity contribution in [2.75, 3.05) is 13.7 Å². The number of aryl methyl sites for hydroxylation is 1. The van der Waals surface area contributed by atoms with E-state index in [9.17, 15) is 4.79 Å². The molecule has 3 heterocycles. The first-order valence-electron chi connectivity index (χ1n) is 11.4. The maximum atomic E-state index is 13.2. The van der Waals surface area contributed by atoms with Crippen LogP contribution in [0.2, 0.25) is 0 Å². The van der Waals surface area contributed by atoms with E-state index in [1.165, 1.54) is 4.88 Å². The molecular formula is C27H26N4O3S. The van der Waals surface area contributed by atoms with Crippen molar-refractivity contribution in [3.8, 4) is 17.1 Å². The van der Waals surface area contributed by atoms with E-state index in [0.29, 0.717) is 18.3 Å². The average molecular weight is 487 g/mol. The summed E-state index contributed by atoms with van der Waals surface area (Å²) in [5.74, 6) is 1.65. The van der Waals surface area contributed by atoms with Gasteiger partial charge in [0.15, 0.2) is 0 Å². The van der Waals surface area contributed by atoms with Gasteiger partial charge >= 0.3 is 6.03 Å². The summed E-state index contributed by atoms with van der Waals surface area (Å²) in [6.07, 6.45) is 0.765. The normalized spacial score (nSPS) is 15.9. The van der Waals surface area contributed by atoms with Gasteiger partial charge in [0.25, 0.3) is 5.89 Å². The molecule has 5 rings (SSSR count). The number of benzene rings is 2. The van der Waals surface area contributed by atoms with Crippen molar-refractivity contribution in [1.29, 1.82) is 0 Å². The molecule has 1 atom stereocenters. The van der Waals surface area contributed by atoms with Gasteiger partial charge in [-0.15, -0.1) is 11.3 Å². The Morgan fingerprint density at radius 2 is 1.94 bits per heavy atom. The monoisotopic (exact) mass is 486 g/mol. The van der Waals surface area contributed by atoms with Gasteiger partial charge in [-0.2, -0.15) is 4.98 Å². The molecule has 2 amide bonds. The largest absolute Gasteiger partial charge is 0.497 e. The zero-order valence-electron chi connectivity index (χ0n) is 19.8. The highest BCUT2D eigenvalue weighted by molar-refractivity contribution is 7.09. The quantitative estimate of drug-likeness (QED) is 0.354. The lowest BCUT2D eigenvalue weighted by atomic mass is 9.94. The molecule has 0 bridgehead atoms. The van der Waals surface area contributed by atoms with Crippen molar-refractivity contribution in [1.82, 2.24) is 20.4 Å². The minimum atomic E-state index is -0.433. The fourth-order valence-corrected chi connectivity index (χ4v) is 4.98. The van der Waals surface area contributed by atoms with E-state index in [1.54, 1.807) is 23.3 Å². The number of carbonyl (C=O) groups is 1. The molecule has 0 saturated carbocycles. The Morgan fingerprint density at radius 1 is 1.11 bits per heavy atom. The number of thiophene rings is 1. The van der Waals surface area contributed by atoms with Crippen molar-refractivity contribution in [2.45, 2.75) is 26.3 Å². The standard InChI is InChI=1S/C27H26N4O3S/c1-17-6-4-7-20(16-17)25-29-26(34-30-25)23-18(2)31(14-13-22-8-5-15-35-22)27(32)28-24(23)19-9-11-21(33-3)12-10-19/h4-12,15-16,24H,13-14H2,1-3H3,(H,28,32). The zero-order valence-corrected chi connectivity index (χ0v) is 20.6. The molecule has 0 spiro atoms. The molecule has 2 aromatic carbocycles. The molecule has 0 radical (unpaired) electrons. The van der Waals surface area contributed by atoms with Crippen LogP contribution in [0, 0.1) is 6.92 Å². The molecule has 1 unspecified atom stereocenters. The zero-order chi connectivity index (χ0) is 24.4. The van der Waals surface area contributed by atoms with Crippen LogP contribution in [0.1, 0.15) is 34.9 Å². The summed E-state index contributed by atoms with van der Waals surface area (Å²) >= 11 is 1.69. The number of aromatic nitrogens is 2. The van der Waals surface area contributed by atoms with Crippen LogP contribution in [0.3, 0.4) is 0 Å². The number of hydrogen-bond donors (Lipinski definition) is 1. The molecule has 178 valence electrons. The third-order valence-electron chi connectivity index (χ3n) is 6.14. The first-order valence-corrected chi connectivity index (χ1v) is 12.3. The molecule has 4 aromatic rings. The van der Waals surface area contributed by atoms with Crippen LogP contribution < -0.4 is 10.1 Å². The lowest BCUT2D eigenvalue weighted by Crippen LogP contribution is -2.46. The number of amides is 2. The summed E-state index contributed by atoms with van der Waals surface area (Å²) in [5.41, 5.74) is 4.48. The van der Waals surface area contributed by atoms with Gasteiger partial charge in [-0.25, -0.2) is 4.79 Å². The third kappa shape index (κ3) is 4.70. The second kappa shape index (κ2) is 9.76. The van der Waals surface area contributed by atoms with E-state index < -0.39 is 6.04 Å². The summed E-state index contributed by atoms with van der Waals surface area (Å²) in [5, 5.41) is 9.45. The fourth-order valence-electron chi connectivity index (χ4n) is 4.29. The number of ether oxygens (including phenoxy) is 1. The minimum absolute atomic E-state index is 0.151. The Morgan fingerprint density at radius 3 is 2.66 bits per heavy atom. The van der Waals surface area contributed by atoms with Gasteiger partial charge in [0, 0.05) is 22.7 Å². The number of nitrogens with zero attached hydrogens (tertiary/aromatic N) is 3. The van der Waals surface area contributed by atoms with E-state index >= 15 is 0 Å². The van der Waals surface area contributed by atoms with E-state index in [1.807, 2.05) is 73.8 Å². The minimum Gasteiger partial charge on any atom is -0.497 e. The van der Waals surface area contributed by atoms with Crippen LogP contribution >= 0.6 is 11.3 Å². The highest BCUT2D eigenvalue weighted by atomic mass is 32.1. The van der Waals surface area contributed by atoms with Gasteiger partial charge in [-0.05, 0) is 55.5 Å². The summed E-state index contributed by atoms with van der Waals surface area (Å²) in [4.78, 5) is 20.9. The first-order chi connectivity index (χ1) is 17.0. The second-order valence-electron chi connectivity index (χ2n) is 8.43. The Bertz CT molecular complexity index is 1360. The maximum Gasteiger partial charge on any atom is 0.322 e. The van der Waals surface area contributed by atoms with Crippen molar-refractivity contribution in [2.24, 2.45) is 0 Å². The molecule has 1 aliphatic heterocycles.